The van der Waals surface area contributed by atoms with Gasteiger partial charge in [-0.15, -0.1) is 0 Å². The zero-order valence-electron chi connectivity index (χ0n) is 11.7. The third-order valence-electron chi connectivity index (χ3n) is 2.97. The molecule has 112 valence electrons. The lowest BCUT2D eigenvalue weighted by molar-refractivity contribution is -0.140. The van der Waals surface area contributed by atoms with Crippen molar-refractivity contribution in [1.29, 1.82) is 0 Å². The number of phenols is 2. The normalized spacial score (nSPS) is 11.3. The van der Waals surface area contributed by atoms with Gasteiger partial charge in [0.15, 0.2) is 11.5 Å². The Morgan fingerprint density at radius 2 is 1.75 bits per heavy atom. The van der Waals surface area contributed by atoms with Crippen LogP contribution in [0.5, 0.6) is 17.2 Å². The molecule has 1 aromatic rings. The summed E-state index contributed by atoms with van der Waals surface area (Å²) in [5.41, 5.74) is -0.195. The number of methoxy groups -OCH3 is 1. The topological polar surface area (TPSA) is 49.7 Å². The molecule has 0 aromatic heterocycles. The van der Waals surface area contributed by atoms with E-state index in [-0.39, 0.29) is 17.5 Å². The smallest absolute Gasteiger partial charge is 0.423 e. The van der Waals surface area contributed by atoms with Crippen molar-refractivity contribution in [2.45, 2.75) is 33.4 Å². The first kappa shape index (κ1) is 16.2. The molecule has 0 unspecified atom stereocenters. The number of aromatic hydroxyl groups is 2. The van der Waals surface area contributed by atoms with E-state index in [1.165, 1.54) is 6.92 Å². The molecule has 0 radical (unpaired) electrons. The molecule has 20 heavy (non-hydrogen) atoms. The van der Waals surface area contributed by atoms with E-state index in [0.29, 0.717) is 0 Å². The van der Waals surface area contributed by atoms with Gasteiger partial charge in [-0.05, 0) is 32.8 Å². The molecule has 0 bridgehead atoms. The number of allylic oxidation sites excluding steroid dienone is 2. The van der Waals surface area contributed by atoms with Crippen LogP contribution < -0.4 is 4.74 Å². The van der Waals surface area contributed by atoms with Crippen LogP contribution >= 0.6 is 0 Å². The number of hydrogen-bond acceptors (Lipinski definition) is 3. The summed E-state index contributed by atoms with van der Waals surface area (Å²) in [7, 11) is 1.02. The van der Waals surface area contributed by atoms with E-state index >= 15 is 0 Å². The zero-order valence-corrected chi connectivity index (χ0v) is 11.7. The van der Waals surface area contributed by atoms with Crippen LogP contribution in [-0.4, -0.2) is 17.3 Å². The first-order valence-corrected chi connectivity index (χ1v) is 5.93. The molecular weight excluding hydrogens is 273 g/mol. The maximum Gasteiger partial charge on any atom is 0.423 e. The average Bonchev–Trinajstić information content (AvgIpc) is 2.31. The van der Waals surface area contributed by atoms with Gasteiger partial charge in [0.05, 0.1) is 7.11 Å². The van der Waals surface area contributed by atoms with Crippen molar-refractivity contribution < 1.29 is 28.1 Å². The SMILES string of the molecule is COc1c(O)c(CC=C(C)C)c(C)c(O)c1C(F)(F)F. The van der Waals surface area contributed by atoms with Crippen molar-refractivity contribution in [3.8, 4) is 17.2 Å². The van der Waals surface area contributed by atoms with E-state index in [0.717, 1.165) is 12.7 Å². The molecule has 0 amide bonds. The fourth-order valence-corrected chi connectivity index (χ4v) is 1.89. The Hall–Kier alpha value is -1.85. The van der Waals surface area contributed by atoms with Crippen LogP contribution in [0.4, 0.5) is 13.2 Å². The lowest BCUT2D eigenvalue weighted by Gasteiger charge is -2.19. The molecule has 0 aliphatic carbocycles. The lowest BCUT2D eigenvalue weighted by atomic mass is 9.97. The predicted molar refractivity (Wildman–Crippen MR) is 69.2 cm³/mol. The average molecular weight is 290 g/mol. The summed E-state index contributed by atoms with van der Waals surface area (Å²) >= 11 is 0. The molecule has 0 saturated carbocycles. The summed E-state index contributed by atoms with van der Waals surface area (Å²) in [6.45, 7) is 4.99. The van der Waals surface area contributed by atoms with E-state index < -0.39 is 29.0 Å². The molecule has 1 aromatic carbocycles. The highest BCUT2D eigenvalue weighted by Gasteiger charge is 2.41. The first-order valence-electron chi connectivity index (χ1n) is 5.93. The van der Waals surface area contributed by atoms with Gasteiger partial charge < -0.3 is 14.9 Å². The Balaban J connectivity index is 3.61. The number of phenolic OH excluding ortho intramolecular Hbond substituents is 2. The first-order chi connectivity index (χ1) is 9.11. The molecule has 0 spiro atoms. The molecule has 0 saturated heterocycles. The van der Waals surface area contributed by atoms with Gasteiger partial charge in [0.2, 0.25) is 0 Å². The molecule has 0 aliphatic heterocycles. The quantitative estimate of drug-likeness (QED) is 0.654. The minimum absolute atomic E-state index is 0.00637. The van der Waals surface area contributed by atoms with Crippen molar-refractivity contribution in [3.05, 3.63) is 28.3 Å². The third kappa shape index (κ3) is 3.00. The molecule has 0 fully saturated rings. The van der Waals surface area contributed by atoms with Crippen molar-refractivity contribution >= 4 is 0 Å². The monoisotopic (exact) mass is 290 g/mol. The fraction of sp³-hybridized carbons (Fsp3) is 0.429. The van der Waals surface area contributed by atoms with Crippen molar-refractivity contribution in [1.82, 2.24) is 0 Å². The minimum Gasteiger partial charge on any atom is -0.507 e. The van der Waals surface area contributed by atoms with Crippen LogP contribution in [0.3, 0.4) is 0 Å². The van der Waals surface area contributed by atoms with Crippen molar-refractivity contribution in [3.63, 3.8) is 0 Å². The number of rotatable bonds is 3. The largest absolute Gasteiger partial charge is 0.507 e. The second-order valence-electron chi connectivity index (χ2n) is 4.69. The van der Waals surface area contributed by atoms with Crippen LogP contribution in [0.25, 0.3) is 0 Å². The number of alkyl halides is 3. The molecule has 0 atom stereocenters. The van der Waals surface area contributed by atoms with Crippen molar-refractivity contribution in [2.75, 3.05) is 7.11 Å². The summed E-state index contributed by atoms with van der Waals surface area (Å²) in [6.07, 6.45) is -2.86. The van der Waals surface area contributed by atoms with Gasteiger partial charge in [-0.1, -0.05) is 11.6 Å². The lowest BCUT2D eigenvalue weighted by Crippen LogP contribution is -2.10. The van der Waals surface area contributed by atoms with Gasteiger partial charge in [0, 0.05) is 5.56 Å². The van der Waals surface area contributed by atoms with Crippen LogP contribution in [0.1, 0.15) is 30.5 Å². The number of ether oxygens (including phenoxy) is 1. The van der Waals surface area contributed by atoms with Crippen LogP contribution in [0.15, 0.2) is 11.6 Å². The van der Waals surface area contributed by atoms with Gasteiger partial charge >= 0.3 is 6.18 Å². The highest BCUT2D eigenvalue weighted by molar-refractivity contribution is 5.63. The standard InChI is InChI=1S/C14H17F3O3/c1-7(2)5-6-9-8(3)11(18)10(14(15,16)17)13(20-4)12(9)19/h5,18-19H,6H2,1-4H3. The summed E-state index contributed by atoms with van der Waals surface area (Å²) in [5, 5.41) is 19.8. The van der Waals surface area contributed by atoms with E-state index in [9.17, 15) is 23.4 Å². The number of benzene rings is 1. The third-order valence-corrected chi connectivity index (χ3v) is 2.97. The minimum atomic E-state index is -4.81. The molecule has 6 heteroatoms. The summed E-state index contributed by atoms with van der Waals surface area (Å²) in [4.78, 5) is 0. The highest BCUT2D eigenvalue weighted by Crippen LogP contribution is 2.50. The summed E-state index contributed by atoms with van der Waals surface area (Å²) in [5.74, 6) is -2.25. The van der Waals surface area contributed by atoms with Crippen LogP contribution in [0.2, 0.25) is 0 Å². The summed E-state index contributed by atoms with van der Waals surface area (Å²) in [6, 6.07) is 0. The fourth-order valence-electron chi connectivity index (χ4n) is 1.89. The Kier molecular flexibility index (Phi) is 4.57. The Morgan fingerprint density at radius 3 is 2.15 bits per heavy atom. The second-order valence-corrected chi connectivity index (χ2v) is 4.69. The highest BCUT2D eigenvalue weighted by atomic mass is 19.4. The maximum atomic E-state index is 12.9. The maximum absolute atomic E-state index is 12.9. The van der Waals surface area contributed by atoms with Gasteiger partial charge in [-0.25, -0.2) is 0 Å². The molecule has 1 rings (SSSR count). The molecule has 0 heterocycles. The van der Waals surface area contributed by atoms with Gasteiger partial charge in [-0.2, -0.15) is 13.2 Å². The summed E-state index contributed by atoms with van der Waals surface area (Å²) < 4.78 is 43.5. The predicted octanol–water partition coefficient (Wildman–Crippen LogP) is 3.94. The van der Waals surface area contributed by atoms with Gasteiger partial charge in [0.25, 0.3) is 0 Å². The Morgan fingerprint density at radius 1 is 1.20 bits per heavy atom. The molecule has 3 nitrogen and oxygen atoms in total. The molecule has 2 N–H and O–H groups in total. The van der Waals surface area contributed by atoms with Crippen LogP contribution in [-0.2, 0) is 12.6 Å². The number of halogens is 3. The van der Waals surface area contributed by atoms with E-state index in [1.807, 2.05) is 13.8 Å². The Labute approximate surface area is 115 Å². The number of hydrogen-bond donors (Lipinski definition) is 2. The van der Waals surface area contributed by atoms with E-state index in [1.54, 1.807) is 6.08 Å². The van der Waals surface area contributed by atoms with Crippen molar-refractivity contribution in [2.24, 2.45) is 0 Å². The van der Waals surface area contributed by atoms with Gasteiger partial charge in [-0.3, -0.25) is 0 Å². The van der Waals surface area contributed by atoms with Gasteiger partial charge in [0.1, 0.15) is 11.3 Å². The molecule has 0 aliphatic rings. The second kappa shape index (κ2) is 5.64. The zero-order chi connectivity index (χ0) is 15.7. The molecular formula is C14H17F3O3. The van der Waals surface area contributed by atoms with E-state index in [2.05, 4.69) is 4.74 Å². The van der Waals surface area contributed by atoms with E-state index in [4.69, 9.17) is 0 Å². The van der Waals surface area contributed by atoms with Crippen LogP contribution in [0, 0.1) is 6.92 Å². The Bertz CT molecular complexity index is 542.